The van der Waals surface area contributed by atoms with E-state index in [4.69, 9.17) is 11.2 Å². The number of hydrogen-bond donors (Lipinski definition) is 1. The van der Waals surface area contributed by atoms with Crippen molar-refractivity contribution in [2.24, 2.45) is 0 Å². The van der Waals surface area contributed by atoms with Gasteiger partial charge in [-0.3, -0.25) is 0 Å². The molecule has 0 aromatic heterocycles. The second-order valence-corrected chi connectivity index (χ2v) is 4.16. The molecule has 0 aliphatic heterocycles. The molecule has 19 heavy (non-hydrogen) atoms. The van der Waals surface area contributed by atoms with Gasteiger partial charge in [-0.05, 0) is 29.3 Å². The van der Waals surface area contributed by atoms with Gasteiger partial charge in [0.25, 0.3) is 0 Å². The quantitative estimate of drug-likeness (QED) is 0.657. The van der Waals surface area contributed by atoms with Crippen LogP contribution in [0, 0.1) is 12.3 Å². The van der Waals surface area contributed by atoms with Crippen LogP contribution in [0.15, 0.2) is 36.4 Å². The molecule has 3 nitrogen and oxygen atoms in total. The maximum atomic E-state index is 11.2. The molecule has 96 valence electrons. The fraction of sp³-hybridized carbons (Fsp3) is 0.188. The Bertz CT molecular complexity index is 638. The first kappa shape index (κ1) is 13.0. The monoisotopic (exact) mass is 254 g/mol. The van der Waals surface area contributed by atoms with Crippen molar-refractivity contribution in [1.82, 2.24) is 0 Å². The molecular formula is C16H14O3. The standard InChI is InChI=1S/C16H14O3/c1-2-3-6-9-19-15-11-13-8-5-4-7-12(13)10-14(15)16(17)18/h1,4-5,7-8,10-11H,3,6,9H2,(H,17,18). The number of fused-ring (bicyclic) bond motifs is 1. The van der Waals surface area contributed by atoms with E-state index < -0.39 is 5.97 Å². The minimum absolute atomic E-state index is 0.180. The van der Waals surface area contributed by atoms with Crippen LogP contribution >= 0.6 is 0 Å². The molecule has 0 atom stereocenters. The molecule has 0 aliphatic rings. The molecule has 1 N–H and O–H groups in total. The number of unbranched alkanes of at least 4 members (excludes halogenated alkanes) is 1. The lowest BCUT2D eigenvalue weighted by atomic mass is 10.1. The van der Waals surface area contributed by atoms with Crippen LogP contribution in [-0.2, 0) is 0 Å². The van der Waals surface area contributed by atoms with Gasteiger partial charge in [0.15, 0.2) is 0 Å². The molecular weight excluding hydrogens is 240 g/mol. The first-order valence-corrected chi connectivity index (χ1v) is 6.04. The summed E-state index contributed by atoms with van der Waals surface area (Å²) in [5.41, 5.74) is 0.180. The molecule has 0 bridgehead atoms. The minimum atomic E-state index is -0.988. The third-order valence-electron chi connectivity index (χ3n) is 2.80. The van der Waals surface area contributed by atoms with E-state index in [1.54, 1.807) is 12.1 Å². The Morgan fingerprint density at radius 3 is 2.58 bits per heavy atom. The molecule has 0 aliphatic carbocycles. The van der Waals surface area contributed by atoms with Crippen molar-refractivity contribution in [2.75, 3.05) is 6.61 Å². The van der Waals surface area contributed by atoms with Crippen LogP contribution in [0.5, 0.6) is 5.75 Å². The fourth-order valence-corrected chi connectivity index (χ4v) is 1.86. The van der Waals surface area contributed by atoms with E-state index in [0.29, 0.717) is 25.2 Å². The maximum Gasteiger partial charge on any atom is 0.339 e. The summed E-state index contributed by atoms with van der Waals surface area (Å²) in [5.74, 6) is 1.93. The average Bonchev–Trinajstić information content (AvgIpc) is 2.42. The molecule has 0 saturated carbocycles. The van der Waals surface area contributed by atoms with Crippen LogP contribution in [0.25, 0.3) is 10.8 Å². The largest absolute Gasteiger partial charge is 0.493 e. The normalized spacial score (nSPS) is 10.1. The Morgan fingerprint density at radius 1 is 1.26 bits per heavy atom. The van der Waals surface area contributed by atoms with Crippen LogP contribution in [0.3, 0.4) is 0 Å². The molecule has 3 heteroatoms. The first-order valence-electron chi connectivity index (χ1n) is 6.04. The Balaban J connectivity index is 2.31. The van der Waals surface area contributed by atoms with Crippen LogP contribution in [0.1, 0.15) is 23.2 Å². The SMILES string of the molecule is C#CCCCOc1cc2ccccc2cc1C(=O)O. The summed E-state index contributed by atoms with van der Waals surface area (Å²) in [5, 5.41) is 11.1. The van der Waals surface area contributed by atoms with E-state index in [0.717, 1.165) is 10.8 Å². The van der Waals surface area contributed by atoms with Crippen molar-refractivity contribution in [1.29, 1.82) is 0 Å². The van der Waals surface area contributed by atoms with E-state index in [-0.39, 0.29) is 5.56 Å². The van der Waals surface area contributed by atoms with E-state index in [9.17, 15) is 9.90 Å². The molecule has 0 spiro atoms. The number of terminal acetylenes is 1. The Morgan fingerprint density at radius 2 is 1.95 bits per heavy atom. The number of rotatable bonds is 5. The molecule has 0 saturated heterocycles. The first-order chi connectivity index (χ1) is 9.22. The molecule has 0 heterocycles. The van der Waals surface area contributed by atoms with Crippen molar-refractivity contribution >= 4 is 16.7 Å². The topological polar surface area (TPSA) is 46.5 Å². The Hall–Kier alpha value is -2.47. The third-order valence-corrected chi connectivity index (χ3v) is 2.80. The highest BCUT2D eigenvalue weighted by molar-refractivity contribution is 5.97. The highest BCUT2D eigenvalue weighted by Gasteiger charge is 2.12. The van der Waals surface area contributed by atoms with E-state index in [2.05, 4.69) is 5.92 Å². The molecule has 0 fully saturated rings. The lowest BCUT2D eigenvalue weighted by molar-refractivity contribution is 0.0692. The average molecular weight is 254 g/mol. The van der Waals surface area contributed by atoms with Crippen molar-refractivity contribution in [3.05, 3.63) is 42.0 Å². The van der Waals surface area contributed by atoms with Gasteiger partial charge in [-0.15, -0.1) is 12.3 Å². The molecule has 2 aromatic carbocycles. The predicted octanol–water partition coefficient (Wildman–Crippen LogP) is 3.33. The van der Waals surface area contributed by atoms with Crippen LogP contribution in [0.2, 0.25) is 0 Å². The lowest BCUT2D eigenvalue weighted by Gasteiger charge is -2.10. The molecule has 2 aromatic rings. The molecule has 0 radical (unpaired) electrons. The van der Waals surface area contributed by atoms with Crippen LogP contribution in [-0.4, -0.2) is 17.7 Å². The summed E-state index contributed by atoms with van der Waals surface area (Å²) in [6.07, 6.45) is 6.49. The zero-order valence-corrected chi connectivity index (χ0v) is 10.4. The number of aromatic carboxylic acids is 1. The second kappa shape index (κ2) is 5.92. The van der Waals surface area contributed by atoms with Crippen molar-refractivity contribution in [3.63, 3.8) is 0 Å². The van der Waals surface area contributed by atoms with Crippen LogP contribution < -0.4 is 4.74 Å². The summed E-state index contributed by atoms with van der Waals surface area (Å²) in [4.78, 5) is 11.2. The smallest absolute Gasteiger partial charge is 0.339 e. The Labute approximate surface area is 111 Å². The summed E-state index contributed by atoms with van der Waals surface area (Å²) in [6.45, 7) is 0.419. The summed E-state index contributed by atoms with van der Waals surface area (Å²) < 4.78 is 5.53. The number of carboxylic acid groups (broad SMARTS) is 1. The number of carbonyl (C=O) groups is 1. The van der Waals surface area contributed by atoms with Crippen molar-refractivity contribution in [3.8, 4) is 18.1 Å². The zero-order chi connectivity index (χ0) is 13.7. The van der Waals surface area contributed by atoms with Gasteiger partial charge in [-0.25, -0.2) is 4.79 Å². The van der Waals surface area contributed by atoms with Gasteiger partial charge < -0.3 is 9.84 Å². The van der Waals surface area contributed by atoms with Gasteiger partial charge in [-0.1, -0.05) is 24.3 Å². The van der Waals surface area contributed by atoms with Gasteiger partial charge in [0, 0.05) is 6.42 Å². The summed E-state index contributed by atoms with van der Waals surface area (Å²) >= 11 is 0. The lowest BCUT2D eigenvalue weighted by Crippen LogP contribution is -2.04. The second-order valence-electron chi connectivity index (χ2n) is 4.16. The van der Waals surface area contributed by atoms with Gasteiger partial charge in [0.1, 0.15) is 11.3 Å². The molecule has 0 amide bonds. The predicted molar refractivity (Wildman–Crippen MR) is 74.5 cm³/mol. The van der Waals surface area contributed by atoms with E-state index in [1.165, 1.54) is 0 Å². The third kappa shape index (κ3) is 3.05. The summed E-state index contributed by atoms with van der Waals surface area (Å²) in [6, 6.07) is 11.0. The van der Waals surface area contributed by atoms with E-state index in [1.807, 2.05) is 24.3 Å². The maximum absolute atomic E-state index is 11.2. The van der Waals surface area contributed by atoms with Crippen LogP contribution in [0.4, 0.5) is 0 Å². The van der Waals surface area contributed by atoms with Gasteiger partial charge in [0.2, 0.25) is 0 Å². The molecule has 2 rings (SSSR count). The van der Waals surface area contributed by atoms with Crippen molar-refractivity contribution in [2.45, 2.75) is 12.8 Å². The van der Waals surface area contributed by atoms with Gasteiger partial charge in [0.05, 0.1) is 6.61 Å². The highest BCUT2D eigenvalue weighted by Crippen LogP contribution is 2.26. The summed E-state index contributed by atoms with van der Waals surface area (Å²) in [7, 11) is 0. The minimum Gasteiger partial charge on any atom is -0.493 e. The number of hydrogen-bond acceptors (Lipinski definition) is 2. The number of ether oxygens (including phenoxy) is 1. The number of benzene rings is 2. The zero-order valence-electron chi connectivity index (χ0n) is 10.4. The molecule has 0 unspecified atom stereocenters. The van der Waals surface area contributed by atoms with Gasteiger partial charge >= 0.3 is 5.97 Å². The number of carboxylic acids is 1. The van der Waals surface area contributed by atoms with E-state index >= 15 is 0 Å². The fourth-order valence-electron chi connectivity index (χ4n) is 1.86. The van der Waals surface area contributed by atoms with Gasteiger partial charge in [-0.2, -0.15) is 0 Å². The highest BCUT2D eigenvalue weighted by atomic mass is 16.5. The van der Waals surface area contributed by atoms with Crippen molar-refractivity contribution < 1.29 is 14.6 Å². The Kier molecular flexibility index (Phi) is 4.04.